The van der Waals surface area contributed by atoms with Gasteiger partial charge in [-0.2, -0.15) is 0 Å². The lowest BCUT2D eigenvalue weighted by atomic mass is 9.85. The van der Waals surface area contributed by atoms with E-state index in [1.807, 2.05) is 24.3 Å². The molecule has 1 amide bonds. The Bertz CT molecular complexity index is 1280. The molecule has 5 nitrogen and oxygen atoms in total. The van der Waals surface area contributed by atoms with Crippen LogP contribution in [0, 0.1) is 0 Å². The molecule has 1 aliphatic heterocycles. The van der Waals surface area contributed by atoms with Gasteiger partial charge in [-0.1, -0.05) is 68.8 Å². The number of amides is 1. The predicted molar refractivity (Wildman–Crippen MR) is 147 cm³/mol. The minimum absolute atomic E-state index is 0.106. The normalized spacial score (nSPS) is 16.7. The number of hydrogen-bond acceptors (Lipinski definition) is 3. The lowest BCUT2D eigenvalue weighted by Crippen LogP contribution is -2.37. The van der Waals surface area contributed by atoms with Crippen LogP contribution in [0.15, 0.2) is 66.7 Å². The number of rotatable bonds is 8. The molecule has 4 rings (SSSR count). The highest BCUT2D eigenvalue weighted by Crippen LogP contribution is 2.38. The van der Waals surface area contributed by atoms with Gasteiger partial charge < -0.3 is 14.7 Å². The van der Waals surface area contributed by atoms with Gasteiger partial charge >= 0.3 is 5.97 Å². The minimum Gasteiger partial charge on any atom is -0.487 e. The van der Waals surface area contributed by atoms with Crippen molar-refractivity contribution < 1.29 is 19.4 Å². The second-order valence-electron chi connectivity index (χ2n) is 11.2. The number of hydrogen-bond donors (Lipinski definition) is 1. The van der Waals surface area contributed by atoms with Gasteiger partial charge in [-0.25, -0.2) is 0 Å². The molecule has 1 atom stereocenters. The van der Waals surface area contributed by atoms with Crippen LogP contribution < -0.4 is 4.74 Å². The maximum atomic E-state index is 13.3. The number of fused-ring (bicyclic) bond motifs is 1. The number of carbonyl (C=O) groups excluding carboxylic acids is 1. The predicted octanol–water partition coefficient (Wildman–Crippen LogP) is 6.34. The number of nitrogens with zero attached hydrogens (tertiary/aromatic N) is 1. The van der Waals surface area contributed by atoms with Crippen molar-refractivity contribution in [3.8, 4) is 5.75 Å². The van der Waals surface area contributed by atoms with E-state index in [2.05, 4.69) is 52.0 Å². The summed E-state index contributed by atoms with van der Waals surface area (Å²) in [4.78, 5) is 26.2. The van der Waals surface area contributed by atoms with Gasteiger partial charge in [0.15, 0.2) is 0 Å². The van der Waals surface area contributed by atoms with Gasteiger partial charge in [-0.3, -0.25) is 9.59 Å². The molecule has 0 unspecified atom stereocenters. The molecular weight excluding hydrogens is 486 g/mol. The van der Waals surface area contributed by atoms with Gasteiger partial charge in [-0.15, -0.1) is 0 Å². The summed E-state index contributed by atoms with van der Waals surface area (Å²) in [6, 6.07) is 21.4. The third-order valence-corrected chi connectivity index (χ3v) is 7.08. The summed E-state index contributed by atoms with van der Waals surface area (Å²) in [5.41, 5.74) is 4.61. The molecule has 3 aromatic rings. The average molecular weight is 520 g/mol. The Morgan fingerprint density at radius 2 is 1.65 bits per heavy atom. The first-order valence-electron chi connectivity index (χ1n) is 12.6. The molecule has 37 heavy (non-hydrogen) atoms. The van der Waals surface area contributed by atoms with Crippen molar-refractivity contribution in [1.82, 2.24) is 4.90 Å². The van der Waals surface area contributed by atoms with Crippen molar-refractivity contribution in [3.63, 3.8) is 0 Å². The molecule has 0 aliphatic carbocycles. The van der Waals surface area contributed by atoms with Gasteiger partial charge in [0.1, 0.15) is 17.9 Å². The van der Waals surface area contributed by atoms with Crippen LogP contribution in [0.5, 0.6) is 5.75 Å². The van der Waals surface area contributed by atoms with E-state index in [-0.39, 0.29) is 17.9 Å². The average Bonchev–Trinajstić information content (AvgIpc) is 3.16. The van der Waals surface area contributed by atoms with Crippen molar-refractivity contribution in [2.75, 3.05) is 13.1 Å². The molecule has 1 aliphatic rings. The van der Waals surface area contributed by atoms with E-state index >= 15 is 0 Å². The Morgan fingerprint density at radius 3 is 2.27 bits per heavy atom. The van der Waals surface area contributed by atoms with Gasteiger partial charge in [0, 0.05) is 30.0 Å². The molecule has 194 valence electrons. The highest BCUT2D eigenvalue weighted by Gasteiger charge is 2.35. The number of carbonyl (C=O) groups is 2. The Balaban J connectivity index is 1.46. The Morgan fingerprint density at radius 1 is 1.00 bits per heavy atom. The van der Waals surface area contributed by atoms with E-state index in [1.165, 1.54) is 16.0 Å². The lowest BCUT2D eigenvalue weighted by Gasteiger charge is -2.25. The summed E-state index contributed by atoms with van der Waals surface area (Å²) in [5.74, 6) is -0.569. The maximum Gasteiger partial charge on any atom is 0.323 e. The Kier molecular flexibility index (Phi) is 7.65. The van der Waals surface area contributed by atoms with Crippen LogP contribution in [0.3, 0.4) is 0 Å². The van der Waals surface area contributed by atoms with Crippen molar-refractivity contribution in [2.45, 2.75) is 58.0 Å². The second kappa shape index (κ2) is 10.6. The number of carboxylic acids is 1. The standard InChI is InChI=1S/C31H34ClNO4/c1-30(2,3)25-10-5-22(6-11-25)18-31(4)19-24-17-23(9-14-27(24)37-31)29(36)33(20-28(34)35)16-15-21-7-12-26(32)13-8-21/h5-14,17H,15-16,18-20H2,1-4H3,(H,34,35)/t31-/m0/s1. The zero-order chi connectivity index (χ0) is 26.8. The quantitative estimate of drug-likeness (QED) is 0.377. The highest BCUT2D eigenvalue weighted by atomic mass is 35.5. The monoisotopic (exact) mass is 519 g/mol. The molecular formula is C31H34ClNO4. The largest absolute Gasteiger partial charge is 0.487 e. The molecule has 3 aromatic carbocycles. The second-order valence-corrected chi connectivity index (χ2v) is 11.6. The highest BCUT2D eigenvalue weighted by molar-refractivity contribution is 6.30. The molecule has 6 heteroatoms. The van der Waals surface area contributed by atoms with Crippen LogP contribution in [0.25, 0.3) is 0 Å². The van der Waals surface area contributed by atoms with Gasteiger partial charge in [-0.05, 0) is 71.3 Å². The summed E-state index contributed by atoms with van der Waals surface area (Å²) in [6.45, 7) is 8.64. The van der Waals surface area contributed by atoms with Crippen LogP contribution >= 0.6 is 11.6 Å². The molecule has 0 saturated heterocycles. The van der Waals surface area contributed by atoms with Crippen LogP contribution in [0.1, 0.15) is 60.3 Å². The van der Waals surface area contributed by atoms with Crippen LogP contribution in [0.4, 0.5) is 0 Å². The lowest BCUT2D eigenvalue weighted by molar-refractivity contribution is -0.137. The molecule has 0 radical (unpaired) electrons. The Labute approximate surface area is 224 Å². The zero-order valence-corrected chi connectivity index (χ0v) is 22.6. The molecule has 0 aromatic heterocycles. The van der Waals surface area contributed by atoms with E-state index in [4.69, 9.17) is 16.3 Å². The summed E-state index contributed by atoms with van der Waals surface area (Å²) in [5, 5.41) is 10.0. The SMILES string of the molecule is CC(C)(C)c1ccc(C[C@@]2(C)Cc3cc(C(=O)N(CCc4ccc(Cl)cc4)CC(=O)O)ccc3O2)cc1. The maximum absolute atomic E-state index is 13.3. The van der Waals surface area contributed by atoms with Gasteiger partial charge in [0.2, 0.25) is 0 Å². The van der Waals surface area contributed by atoms with Crippen LogP contribution in [-0.2, 0) is 29.5 Å². The van der Waals surface area contributed by atoms with Gasteiger partial charge in [0.25, 0.3) is 5.91 Å². The first-order chi connectivity index (χ1) is 17.4. The minimum atomic E-state index is -1.04. The van der Waals surface area contributed by atoms with Crippen LogP contribution in [0.2, 0.25) is 5.02 Å². The fourth-order valence-corrected chi connectivity index (χ4v) is 4.95. The van der Waals surface area contributed by atoms with E-state index in [0.717, 1.165) is 23.3 Å². The fourth-order valence-electron chi connectivity index (χ4n) is 4.82. The van der Waals surface area contributed by atoms with Crippen LogP contribution in [-0.4, -0.2) is 40.6 Å². The van der Waals surface area contributed by atoms with Crippen molar-refractivity contribution >= 4 is 23.5 Å². The molecule has 0 bridgehead atoms. The number of halogens is 1. The first kappa shape index (κ1) is 26.7. The number of aliphatic carboxylic acids is 1. The van der Waals surface area contributed by atoms with Gasteiger partial charge in [0.05, 0.1) is 0 Å². The third kappa shape index (κ3) is 6.72. The molecule has 0 saturated carbocycles. The van der Waals surface area contributed by atoms with E-state index < -0.39 is 11.6 Å². The number of ether oxygens (including phenoxy) is 1. The first-order valence-corrected chi connectivity index (χ1v) is 13.0. The topological polar surface area (TPSA) is 66.8 Å². The summed E-state index contributed by atoms with van der Waals surface area (Å²) >= 11 is 5.96. The third-order valence-electron chi connectivity index (χ3n) is 6.82. The van der Waals surface area contributed by atoms with E-state index in [9.17, 15) is 14.7 Å². The van der Waals surface area contributed by atoms with Crippen molar-refractivity contribution in [3.05, 3.63) is 99.6 Å². The zero-order valence-electron chi connectivity index (χ0n) is 21.9. The van der Waals surface area contributed by atoms with E-state index in [1.54, 1.807) is 18.2 Å². The molecule has 1 heterocycles. The van der Waals surface area contributed by atoms with E-state index in [0.29, 0.717) is 30.0 Å². The van der Waals surface area contributed by atoms with Crippen molar-refractivity contribution in [1.29, 1.82) is 0 Å². The summed E-state index contributed by atoms with van der Waals surface area (Å²) in [7, 11) is 0. The summed E-state index contributed by atoms with van der Waals surface area (Å²) in [6.07, 6.45) is 1.96. The number of benzene rings is 3. The molecule has 0 spiro atoms. The van der Waals surface area contributed by atoms with Crippen molar-refractivity contribution in [2.24, 2.45) is 0 Å². The molecule has 0 fully saturated rings. The summed E-state index contributed by atoms with van der Waals surface area (Å²) < 4.78 is 6.34. The Hall–Kier alpha value is -3.31. The number of carboxylic acid groups (broad SMARTS) is 1. The molecule has 1 N–H and O–H groups in total. The fraction of sp³-hybridized carbons (Fsp3) is 0.355. The smallest absolute Gasteiger partial charge is 0.323 e.